The number of ether oxygens (including phenoxy) is 3. The van der Waals surface area contributed by atoms with E-state index in [1.165, 1.54) is 39.2 Å². The summed E-state index contributed by atoms with van der Waals surface area (Å²) in [6.45, 7) is 10.5. The van der Waals surface area contributed by atoms with Gasteiger partial charge in [-0.2, -0.15) is 4.90 Å². The maximum atomic E-state index is 12.8. The zero-order valence-corrected chi connectivity index (χ0v) is 22.6. The highest BCUT2D eigenvalue weighted by molar-refractivity contribution is 5.94. The summed E-state index contributed by atoms with van der Waals surface area (Å²) < 4.78 is 15.7. The molecule has 0 rings (SSSR count). The van der Waals surface area contributed by atoms with Crippen LogP contribution in [0.4, 0.5) is 9.59 Å². The molecule has 0 fully saturated rings. The fourth-order valence-electron chi connectivity index (χ4n) is 3.48. The van der Waals surface area contributed by atoms with Crippen LogP contribution in [0.3, 0.4) is 0 Å². The third kappa shape index (κ3) is 15.9. The second kappa shape index (κ2) is 16.7. The maximum absolute atomic E-state index is 12.8. The zero-order valence-electron chi connectivity index (χ0n) is 22.6. The summed E-state index contributed by atoms with van der Waals surface area (Å²) >= 11 is 0. The highest BCUT2D eigenvalue weighted by atomic mass is 16.6. The molecule has 0 spiro atoms. The number of carbonyl (C=O) groups excluding carboxylic acids is 3. The quantitative estimate of drug-likeness (QED) is 0.162. The third-order valence-corrected chi connectivity index (χ3v) is 5.10. The molecule has 1 N–H and O–H groups in total. The molecule has 0 saturated carbocycles. The number of esters is 1. The fourth-order valence-corrected chi connectivity index (χ4v) is 3.48. The van der Waals surface area contributed by atoms with Gasteiger partial charge in [0.2, 0.25) is 0 Å². The number of hydrogen-bond donors (Lipinski definition) is 1. The van der Waals surface area contributed by atoms with Gasteiger partial charge in [-0.3, -0.25) is 0 Å². The summed E-state index contributed by atoms with van der Waals surface area (Å²) in [6, 6.07) is -1.10. The number of imide groups is 1. The topological polar surface area (TPSA) is 102 Å². The van der Waals surface area contributed by atoms with E-state index < -0.39 is 35.4 Å². The Bertz CT molecular complexity index is 565. The lowest BCUT2D eigenvalue weighted by Gasteiger charge is -2.32. The lowest BCUT2D eigenvalue weighted by Crippen LogP contribution is -2.52. The van der Waals surface area contributed by atoms with Gasteiger partial charge in [-0.25, -0.2) is 14.4 Å². The van der Waals surface area contributed by atoms with Crippen LogP contribution in [0.15, 0.2) is 0 Å². The summed E-state index contributed by atoms with van der Waals surface area (Å²) in [7, 11) is 1.24. The maximum Gasteiger partial charge on any atom is 0.420 e. The van der Waals surface area contributed by atoms with Crippen LogP contribution in [0.1, 0.15) is 119 Å². The second-order valence-electron chi connectivity index (χ2n) is 10.8. The van der Waals surface area contributed by atoms with Gasteiger partial charge >= 0.3 is 18.2 Å². The molecule has 0 aliphatic heterocycles. The molecule has 0 aromatic rings. The Morgan fingerprint density at radius 1 is 0.676 bits per heavy atom. The molecule has 0 aromatic carbocycles. The molecule has 0 saturated heterocycles. The number of aliphatic hydroxyl groups excluding tert-OH is 1. The molecule has 2 amide bonds. The van der Waals surface area contributed by atoms with Gasteiger partial charge < -0.3 is 19.3 Å². The summed E-state index contributed by atoms with van der Waals surface area (Å²) in [5, 5.41) is 8.79. The van der Waals surface area contributed by atoms with Crippen molar-refractivity contribution in [2.45, 2.75) is 136 Å². The second-order valence-corrected chi connectivity index (χ2v) is 10.8. The number of amides is 2. The first kappa shape index (κ1) is 32.2. The molecular weight excluding hydrogens is 438 g/mol. The minimum Gasteiger partial charge on any atom is -0.467 e. The summed E-state index contributed by atoms with van der Waals surface area (Å²) in [4.78, 5) is 39.0. The minimum atomic E-state index is -1.10. The molecule has 0 bridgehead atoms. The van der Waals surface area contributed by atoms with Crippen molar-refractivity contribution >= 4 is 18.2 Å². The third-order valence-electron chi connectivity index (χ3n) is 5.10. The van der Waals surface area contributed by atoms with Gasteiger partial charge in [-0.05, 0) is 54.4 Å². The van der Waals surface area contributed by atoms with Crippen LogP contribution in [0.5, 0.6) is 0 Å². The zero-order chi connectivity index (χ0) is 26.2. The number of aliphatic hydroxyl groups is 1. The Morgan fingerprint density at radius 3 is 1.35 bits per heavy atom. The van der Waals surface area contributed by atoms with Crippen LogP contribution >= 0.6 is 0 Å². The molecule has 0 aliphatic rings. The summed E-state index contributed by atoms with van der Waals surface area (Å²) in [5.74, 6) is -0.669. The first-order chi connectivity index (χ1) is 15.8. The van der Waals surface area contributed by atoms with Crippen LogP contribution in [-0.2, 0) is 19.0 Å². The van der Waals surface area contributed by atoms with Crippen molar-refractivity contribution in [2.75, 3.05) is 13.7 Å². The average Bonchev–Trinajstić information content (AvgIpc) is 2.70. The number of hydrogen-bond acceptors (Lipinski definition) is 7. The highest BCUT2D eigenvalue weighted by Gasteiger charge is 2.40. The lowest BCUT2D eigenvalue weighted by molar-refractivity contribution is -0.147. The number of rotatable bonds is 15. The predicted molar refractivity (Wildman–Crippen MR) is 133 cm³/mol. The molecule has 0 radical (unpaired) electrons. The van der Waals surface area contributed by atoms with Crippen molar-refractivity contribution < 1.29 is 33.7 Å². The Balaban J connectivity index is 4.81. The van der Waals surface area contributed by atoms with Crippen molar-refractivity contribution in [1.29, 1.82) is 0 Å². The smallest absolute Gasteiger partial charge is 0.420 e. The van der Waals surface area contributed by atoms with Gasteiger partial charge in [-0.15, -0.1) is 0 Å². The van der Waals surface area contributed by atoms with Crippen molar-refractivity contribution in [2.24, 2.45) is 0 Å². The molecule has 0 aromatic heterocycles. The normalized spacial score (nSPS) is 12.7. The Kier molecular flexibility index (Phi) is 15.8. The van der Waals surface area contributed by atoms with Crippen LogP contribution in [0, 0.1) is 0 Å². The fraction of sp³-hybridized carbons (Fsp3) is 0.885. The van der Waals surface area contributed by atoms with E-state index in [1.807, 2.05) is 0 Å². The molecule has 8 heteroatoms. The largest absolute Gasteiger partial charge is 0.467 e. The molecule has 1 atom stereocenters. The van der Waals surface area contributed by atoms with Crippen LogP contribution < -0.4 is 0 Å². The van der Waals surface area contributed by atoms with Gasteiger partial charge in [0.05, 0.1) is 7.11 Å². The van der Waals surface area contributed by atoms with E-state index in [4.69, 9.17) is 19.3 Å². The van der Waals surface area contributed by atoms with Crippen LogP contribution in [0.25, 0.3) is 0 Å². The molecule has 0 unspecified atom stereocenters. The number of carbonyl (C=O) groups is 3. The highest BCUT2D eigenvalue weighted by Crippen LogP contribution is 2.21. The van der Waals surface area contributed by atoms with E-state index >= 15 is 0 Å². The van der Waals surface area contributed by atoms with E-state index in [9.17, 15) is 14.4 Å². The summed E-state index contributed by atoms with van der Waals surface area (Å²) in [6.07, 6.45) is 10.1. The van der Waals surface area contributed by atoms with Gasteiger partial charge in [0, 0.05) is 6.61 Å². The van der Waals surface area contributed by atoms with Crippen LogP contribution in [-0.4, -0.2) is 59.1 Å². The van der Waals surface area contributed by atoms with E-state index in [2.05, 4.69) is 0 Å². The van der Waals surface area contributed by atoms with Gasteiger partial charge in [0.25, 0.3) is 0 Å². The SMILES string of the molecule is COC(=O)[C@H](CCCCCCCCCCCCCO)N(C(=O)OC(C)(C)C)C(=O)OC(C)(C)C. The first-order valence-electron chi connectivity index (χ1n) is 12.8. The molecule has 34 heavy (non-hydrogen) atoms. The average molecular weight is 488 g/mol. The van der Waals surface area contributed by atoms with E-state index in [1.54, 1.807) is 41.5 Å². The Labute approximate surface area is 206 Å². The van der Waals surface area contributed by atoms with Gasteiger partial charge in [0.15, 0.2) is 0 Å². The van der Waals surface area contributed by atoms with Crippen molar-refractivity contribution in [3.63, 3.8) is 0 Å². The Morgan fingerprint density at radius 2 is 1.03 bits per heavy atom. The van der Waals surface area contributed by atoms with E-state index in [0.717, 1.165) is 37.0 Å². The van der Waals surface area contributed by atoms with Crippen molar-refractivity contribution in [3.05, 3.63) is 0 Å². The monoisotopic (exact) mass is 487 g/mol. The molecule has 200 valence electrons. The number of nitrogens with zero attached hydrogens (tertiary/aromatic N) is 1. The molecule has 0 aliphatic carbocycles. The van der Waals surface area contributed by atoms with Gasteiger partial charge in [0.1, 0.15) is 17.2 Å². The predicted octanol–water partition coefficient (Wildman–Crippen LogP) is 6.37. The van der Waals surface area contributed by atoms with E-state index in [0.29, 0.717) is 6.42 Å². The molecule has 8 nitrogen and oxygen atoms in total. The van der Waals surface area contributed by atoms with Crippen molar-refractivity contribution in [1.82, 2.24) is 4.90 Å². The summed E-state index contributed by atoms with van der Waals surface area (Å²) in [5.41, 5.74) is -1.67. The molecular formula is C26H49NO7. The molecule has 0 heterocycles. The van der Waals surface area contributed by atoms with Gasteiger partial charge in [-0.1, -0.05) is 64.2 Å². The van der Waals surface area contributed by atoms with E-state index in [-0.39, 0.29) is 13.0 Å². The standard InChI is InChI=1S/C26H49NO7/c1-25(2,3)33-23(30)27(24(31)34-26(4,5)6)21(22(29)32-7)19-17-15-13-11-9-8-10-12-14-16-18-20-28/h21,28H,8-20H2,1-7H3/t21-/m0/s1. The number of methoxy groups -OCH3 is 1. The Hall–Kier alpha value is -1.83. The van der Waals surface area contributed by atoms with Crippen LogP contribution in [0.2, 0.25) is 0 Å². The first-order valence-corrected chi connectivity index (χ1v) is 12.8. The minimum absolute atomic E-state index is 0.282. The number of unbranched alkanes of at least 4 members (excludes halogenated alkanes) is 10. The lowest BCUT2D eigenvalue weighted by atomic mass is 10.0. The van der Waals surface area contributed by atoms with Crippen molar-refractivity contribution in [3.8, 4) is 0 Å².